The van der Waals surface area contributed by atoms with Crippen molar-refractivity contribution in [3.05, 3.63) is 11.6 Å². The van der Waals surface area contributed by atoms with E-state index in [0.717, 1.165) is 49.4 Å². The number of aliphatic hydroxyl groups excluding tert-OH is 1. The Morgan fingerprint density at radius 3 is 2.33 bits per heavy atom. The first-order valence-electron chi connectivity index (χ1n) is 11.8. The van der Waals surface area contributed by atoms with Gasteiger partial charge in [0, 0.05) is 13.0 Å². The zero-order valence-electron chi connectivity index (χ0n) is 18.8. The lowest BCUT2D eigenvalue weighted by Gasteiger charge is -2.58. The van der Waals surface area contributed by atoms with Crippen molar-refractivity contribution in [3.63, 3.8) is 0 Å². The highest BCUT2D eigenvalue weighted by Crippen LogP contribution is 2.66. The maximum Gasteiger partial charge on any atom is 0.155 e. The minimum absolute atomic E-state index is 0.299. The van der Waals surface area contributed by atoms with Gasteiger partial charge >= 0.3 is 0 Å². The molecule has 4 rings (SSSR count). The van der Waals surface area contributed by atoms with Crippen LogP contribution in [0.4, 0.5) is 0 Å². The summed E-state index contributed by atoms with van der Waals surface area (Å²) < 4.78 is 0. The Kier molecular flexibility index (Phi) is 7.76. The molecule has 0 spiro atoms. The summed E-state index contributed by atoms with van der Waals surface area (Å²) in [4.78, 5) is 11.9. The van der Waals surface area contributed by atoms with E-state index in [2.05, 4.69) is 13.8 Å². The molecule has 2 heteroatoms. The number of carbonyl (C=O) groups is 1. The molecule has 0 aromatic rings. The van der Waals surface area contributed by atoms with Crippen LogP contribution < -0.4 is 0 Å². The predicted molar refractivity (Wildman–Crippen MR) is 115 cm³/mol. The molecule has 0 bridgehead atoms. The van der Waals surface area contributed by atoms with Gasteiger partial charge in [0.25, 0.3) is 0 Å². The van der Waals surface area contributed by atoms with E-state index < -0.39 is 0 Å². The summed E-state index contributed by atoms with van der Waals surface area (Å²) in [6.45, 7) is 13.3. The molecule has 3 saturated carbocycles. The number of allylic oxidation sites excluding steroid dienone is 1. The van der Waals surface area contributed by atoms with Crippen molar-refractivity contribution in [2.75, 3.05) is 6.61 Å². The molecule has 0 amide bonds. The monoisotopic (exact) mass is 376 g/mol. The number of fused-ring (bicyclic) bond motifs is 5. The van der Waals surface area contributed by atoms with Crippen molar-refractivity contribution in [3.8, 4) is 0 Å². The first-order valence-corrected chi connectivity index (χ1v) is 11.8. The van der Waals surface area contributed by atoms with Gasteiger partial charge in [0.15, 0.2) is 5.78 Å². The van der Waals surface area contributed by atoms with Crippen LogP contribution in [-0.2, 0) is 4.79 Å². The van der Waals surface area contributed by atoms with E-state index in [1.54, 1.807) is 0 Å². The van der Waals surface area contributed by atoms with Crippen LogP contribution in [0, 0.1) is 34.5 Å². The molecule has 1 N–H and O–H groups in total. The van der Waals surface area contributed by atoms with Crippen LogP contribution in [-0.4, -0.2) is 17.5 Å². The quantitative estimate of drug-likeness (QED) is 0.592. The molecule has 0 aromatic carbocycles. The summed E-state index contributed by atoms with van der Waals surface area (Å²) in [5.41, 5.74) is 2.24. The number of carbonyl (C=O) groups excluding carboxylic acids is 1. The Bertz CT molecular complexity index is 536. The molecular formula is C25H44O2. The Morgan fingerprint density at radius 2 is 1.67 bits per heavy atom. The van der Waals surface area contributed by atoms with Crippen LogP contribution in [0.15, 0.2) is 11.6 Å². The van der Waals surface area contributed by atoms with E-state index in [-0.39, 0.29) is 0 Å². The van der Waals surface area contributed by atoms with Crippen molar-refractivity contribution in [2.45, 2.75) is 99.3 Å². The third-order valence-electron chi connectivity index (χ3n) is 8.64. The molecular weight excluding hydrogens is 332 g/mol. The lowest BCUT2D eigenvalue weighted by Crippen LogP contribution is -2.50. The van der Waals surface area contributed by atoms with Crippen LogP contribution in [0.5, 0.6) is 0 Å². The maximum atomic E-state index is 11.9. The van der Waals surface area contributed by atoms with Gasteiger partial charge in [-0.1, -0.05) is 47.1 Å². The molecule has 0 radical (unpaired) electrons. The smallest absolute Gasteiger partial charge is 0.155 e. The van der Waals surface area contributed by atoms with Gasteiger partial charge in [0.1, 0.15) is 0 Å². The zero-order chi connectivity index (χ0) is 20.2. The standard InChI is InChI=1S/C21H32O2.2C2H6/c1-20-11-8-19-17(18(20)6-4-14(20)9-12-22)5-3-15-13-16(23)7-10-21(15,19)2;2*1-2/h13-14,17-19,22H,3-12H2,1-2H3;2*1-2H3/t14?,17-,18?,19?,20+,21-;;/m0../s1. The van der Waals surface area contributed by atoms with Gasteiger partial charge in [-0.25, -0.2) is 0 Å². The minimum Gasteiger partial charge on any atom is -0.396 e. The molecule has 0 aromatic heterocycles. The van der Waals surface area contributed by atoms with E-state index in [9.17, 15) is 9.90 Å². The number of rotatable bonds is 2. The number of aliphatic hydroxyl groups is 1. The van der Waals surface area contributed by atoms with Crippen LogP contribution in [0.25, 0.3) is 0 Å². The first-order chi connectivity index (χ1) is 13.0. The van der Waals surface area contributed by atoms with Gasteiger partial charge in [-0.05, 0) is 91.9 Å². The number of ketones is 1. The lowest BCUT2D eigenvalue weighted by atomic mass is 9.47. The Hall–Kier alpha value is -0.630. The third-order valence-corrected chi connectivity index (χ3v) is 8.64. The molecule has 6 atom stereocenters. The fourth-order valence-electron chi connectivity index (χ4n) is 7.30. The van der Waals surface area contributed by atoms with Gasteiger partial charge in [-0.15, -0.1) is 0 Å². The van der Waals surface area contributed by atoms with E-state index >= 15 is 0 Å². The summed E-state index contributed by atoms with van der Waals surface area (Å²) in [5.74, 6) is 3.60. The van der Waals surface area contributed by atoms with Crippen molar-refractivity contribution >= 4 is 5.78 Å². The molecule has 27 heavy (non-hydrogen) atoms. The van der Waals surface area contributed by atoms with Crippen LogP contribution in [0.3, 0.4) is 0 Å². The van der Waals surface area contributed by atoms with Gasteiger partial charge < -0.3 is 5.11 Å². The summed E-state index contributed by atoms with van der Waals surface area (Å²) >= 11 is 0. The van der Waals surface area contributed by atoms with Crippen molar-refractivity contribution in [1.29, 1.82) is 0 Å². The van der Waals surface area contributed by atoms with Crippen LogP contribution >= 0.6 is 0 Å². The summed E-state index contributed by atoms with van der Waals surface area (Å²) in [6, 6.07) is 0. The SMILES string of the molecule is CC.CC.C[C@]12CCC3[C@@H](CCC4=CC(=O)CC[C@@]43C)C1CCC2CCO. The second-order valence-electron chi connectivity index (χ2n) is 9.30. The van der Waals surface area contributed by atoms with E-state index in [1.807, 2.05) is 33.8 Å². The van der Waals surface area contributed by atoms with E-state index in [1.165, 1.54) is 37.7 Å². The average Bonchev–Trinajstić information content (AvgIpc) is 3.02. The van der Waals surface area contributed by atoms with Gasteiger partial charge in [-0.2, -0.15) is 0 Å². The van der Waals surface area contributed by atoms with Crippen molar-refractivity contribution in [1.82, 2.24) is 0 Å². The zero-order valence-corrected chi connectivity index (χ0v) is 18.8. The van der Waals surface area contributed by atoms with Gasteiger partial charge in [0.05, 0.1) is 0 Å². The predicted octanol–water partition coefficient (Wildman–Crippen LogP) is 6.57. The summed E-state index contributed by atoms with van der Waals surface area (Å²) in [6.07, 6.45) is 12.7. The highest BCUT2D eigenvalue weighted by atomic mass is 16.3. The Labute approximate surface area is 168 Å². The lowest BCUT2D eigenvalue weighted by molar-refractivity contribution is -0.117. The highest BCUT2D eigenvalue weighted by Gasteiger charge is 2.58. The summed E-state index contributed by atoms with van der Waals surface area (Å²) in [7, 11) is 0. The molecule has 0 saturated heterocycles. The fraction of sp³-hybridized carbons (Fsp3) is 0.880. The van der Waals surface area contributed by atoms with E-state index in [0.29, 0.717) is 23.2 Å². The van der Waals surface area contributed by atoms with Crippen LogP contribution in [0.1, 0.15) is 99.3 Å². The van der Waals surface area contributed by atoms with E-state index in [4.69, 9.17) is 0 Å². The van der Waals surface area contributed by atoms with Crippen molar-refractivity contribution < 1.29 is 9.90 Å². The molecule has 4 aliphatic rings. The molecule has 0 heterocycles. The average molecular weight is 377 g/mol. The second kappa shape index (κ2) is 9.25. The first kappa shape index (κ1) is 22.7. The molecule has 3 fully saturated rings. The van der Waals surface area contributed by atoms with Crippen molar-refractivity contribution in [2.24, 2.45) is 34.5 Å². The Morgan fingerprint density at radius 1 is 0.963 bits per heavy atom. The second-order valence-corrected chi connectivity index (χ2v) is 9.30. The molecule has 4 aliphatic carbocycles. The summed E-state index contributed by atoms with van der Waals surface area (Å²) in [5, 5.41) is 9.44. The number of hydrogen-bond donors (Lipinski definition) is 1. The Balaban J connectivity index is 0.000000614. The third kappa shape index (κ3) is 3.80. The molecule has 3 unspecified atom stereocenters. The molecule has 0 aliphatic heterocycles. The largest absolute Gasteiger partial charge is 0.396 e. The van der Waals surface area contributed by atoms with Gasteiger partial charge in [-0.3, -0.25) is 4.79 Å². The minimum atomic E-state index is 0.299. The molecule has 2 nitrogen and oxygen atoms in total. The fourth-order valence-corrected chi connectivity index (χ4v) is 7.30. The normalized spacial score (nSPS) is 42.3. The molecule has 156 valence electrons. The van der Waals surface area contributed by atoms with Gasteiger partial charge in [0.2, 0.25) is 0 Å². The number of hydrogen-bond acceptors (Lipinski definition) is 2. The highest BCUT2D eigenvalue weighted by molar-refractivity contribution is 5.91. The topological polar surface area (TPSA) is 37.3 Å². The van der Waals surface area contributed by atoms with Crippen LogP contribution in [0.2, 0.25) is 0 Å². The maximum absolute atomic E-state index is 11.9.